The van der Waals surface area contributed by atoms with Crippen LogP contribution in [0.1, 0.15) is 13.3 Å². The average Bonchev–Trinajstić information content (AvgIpc) is 2.48. The number of benzene rings is 1. The van der Waals surface area contributed by atoms with Crippen LogP contribution in [0.25, 0.3) is 0 Å². The first-order valence-corrected chi connectivity index (χ1v) is 8.16. The van der Waals surface area contributed by atoms with E-state index in [9.17, 15) is 4.89 Å². The Hall–Kier alpha value is 0.340. The summed E-state index contributed by atoms with van der Waals surface area (Å²) in [5.74, 6) is 0.698. The third-order valence-electron chi connectivity index (χ3n) is 2.91. The molecule has 77 valence electrons. The van der Waals surface area contributed by atoms with Gasteiger partial charge in [0.1, 0.15) is 0 Å². The standard InChI is InChI=1S/C11H15IOP/c1-9-6-7-14(13,8-9)11-5-3-2-4-10(11)12/h2-5,9,13H,6-8H2,1H3. The van der Waals surface area contributed by atoms with Gasteiger partial charge in [0.2, 0.25) is 0 Å². The van der Waals surface area contributed by atoms with Gasteiger partial charge in [-0.3, -0.25) is 0 Å². The first-order valence-electron chi connectivity index (χ1n) is 4.97. The van der Waals surface area contributed by atoms with E-state index in [1.165, 1.54) is 15.3 Å². The molecular formula is C11H15IOP. The quantitative estimate of drug-likeness (QED) is 0.623. The molecule has 2 rings (SSSR count). The van der Waals surface area contributed by atoms with Gasteiger partial charge in [-0.15, -0.1) is 0 Å². The summed E-state index contributed by atoms with van der Waals surface area (Å²) in [6.45, 7) is 2.24. The average molecular weight is 321 g/mol. The fourth-order valence-electron chi connectivity index (χ4n) is 2.14. The van der Waals surface area contributed by atoms with E-state index in [1.807, 2.05) is 12.1 Å². The second-order valence-corrected chi connectivity index (χ2v) is 8.48. The SMILES string of the molecule is CC1CC[P](O)(c2ccccc2I)C1. The molecule has 1 saturated heterocycles. The summed E-state index contributed by atoms with van der Waals surface area (Å²) in [6.07, 6.45) is 3.23. The molecule has 1 aromatic carbocycles. The first kappa shape index (κ1) is 10.8. The molecule has 0 bridgehead atoms. The predicted octanol–water partition coefficient (Wildman–Crippen LogP) is 2.88. The minimum Gasteiger partial charge on any atom is -0.375 e. The van der Waals surface area contributed by atoms with Gasteiger partial charge in [0.05, 0.1) is 0 Å². The van der Waals surface area contributed by atoms with Crippen molar-refractivity contribution in [3.63, 3.8) is 0 Å². The van der Waals surface area contributed by atoms with Crippen LogP contribution < -0.4 is 5.30 Å². The lowest BCUT2D eigenvalue weighted by Gasteiger charge is -2.26. The summed E-state index contributed by atoms with van der Waals surface area (Å²) < 4.78 is 1.23. The van der Waals surface area contributed by atoms with Gasteiger partial charge in [0.15, 0.2) is 0 Å². The van der Waals surface area contributed by atoms with Gasteiger partial charge < -0.3 is 4.89 Å². The fraction of sp³-hybridized carbons (Fsp3) is 0.455. The Morgan fingerprint density at radius 1 is 1.43 bits per heavy atom. The molecule has 1 radical (unpaired) electrons. The van der Waals surface area contributed by atoms with Gasteiger partial charge in [-0.05, 0) is 53.3 Å². The van der Waals surface area contributed by atoms with Crippen LogP contribution in [0.15, 0.2) is 24.3 Å². The van der Waals surface area contributed by atoms with Crippen molar-refractivity contribution in [2.75, 3.05) is 12.3 Å². The van der Waals surface area contributed by atoms with Crippen LogP contribution in [0.2, 0.25) is 0 Å². The molecule has 2 atom stereocenters. The normalized spacial score (nSPS) is 32.1. The molecule has 0 saturated carbocycles. The number of hydrogen-bond donors (Lipinski definition) is 1. The van der Waals surface area contributed by atoms with E-state index in [2.05, 4.69) is 41.6 Å². The van der Waals surface area contributed by atoms with E-state index in [0.717, 1.165) is 12.3 Å². The molecule has 0 aliphatic carbocycles. The van der Waals surface area contributed by atoms with E-state index < -0.39 is 7.49 Å². The van der Waals surface area contributed by atoms with Gasteiger partial charge in [-0.2, -0.15) is 0 Å². The second kappa shape index (κ2) is 4.07. The fourth-order valence-corrected chi connectivity index (χ4v) is 7.41. The van der Waals surface area contributed by atoms with Crippen molar-refractivity contribution in [2.24, 2.45) is 5.92 Å². The third-order valence-corrected chi connectivity index (χ3v) is 7.79. The van der Waals surface area contributed by atoms with Crippen LogP contribution in [-0.2, 0) is 0 Å². The van der Waals surface area contributed by atoms with Gasteiger partial charge >= 0.3 is 0 Å². The summed E-state index contributed by atoms with van der Waals surface area (Å²) in [7, 11) is -1.77. The summed E-state index contributed by atoms with van der Waals surface area (Å²) >= 11 is 2.33. The summed E-state index contributed by atoms with van der Waals surface area (Å²) in [6, 6.07) is 8.28. The smallest absolute Gasteiger partial charge is 0.0225 e. The molecule has 2 unspecified atom stereocenters. The highest BCUT2D eigenvalue weighted by atomic mass is 127. The van der Waals surface area contributed by atoms with Crippen molar-refractivity contribution in [3.05, 3.63) is 27.8 Å². The zero-order valence-corrected chi connectivity index (χ0v) is 11.3. The van der Waals surface area contributed by atoms with Crippen LogP contribution >= 0.6 is 30.1 Å². The highest BCUT2D eigenvalue weighted by molar-refractivity contribution is 14.1. The monoisotopic (exact) mass is 321 g/mol. The molecule has 0 amide bonds. The Kier molecular flexibility index (Phi) is 3.15. The van der Waals surface area contributed by atoms with Crippen LogP contribution in [0.3, 0.4) is 0 Å². The maximum atomic E-state index is 10.6. The lowest BCUT2D eigenvalue weighted by molar-refractivity contribution is 0.612. The molecule has 1 fully saturated rings. The Bertz CT molecular complexity index is 342. The number of halogens is 1. The van der Waals surface area contributed by atoms with Crippen molar-refractivity contribution in [2.45, 2.75) is 13.3 Å². The summed E-state index contributed by atoms with van der Waals surface area (Å²) in [5.41, 5.74) is 0. The van der Waals surface area contributed by atoms with Crippen molar-refractivity contribution in [1.29, 1.82) is 0 Å². The largest absolute Gasteiger partial charge is 0.375 e. The Labute approximate surface area is 99.5 Å². The number of hydrogen-bond acceptors (Lipinski definition) is 1. The molecule has 14 heavy (non-hydrogen) atoms. The van der Waals surface area contributed by atoms with Gasteiger partial charge in [0.25, 0.3) is 0 Å². The van der Waals surface area contributed by atoms with Crippen molar-refractivity contribution in [3.8, 4) is 0 Å². The van der Waals surface area contributed by atoms with Crippen LogP contribution in [0.5, 0.6) is 0 Å². The second-order valence-electron chi connectivity index (χ2n) is 4.17. The minimum absolute atomic E-state index is 0.698. The molecule has 0 spiro atoms. The van der Waals surface area contributed by atoms with Gasteiger partial charge in [-0.1, -0.05) is 25.1 Å². The number of rotatable bonds is 1. The lowest BCUT2D eigenvalue weighted by Crippen LogP contribution is -2.16. The van der Waals surface area contributed by atoms with Crippen LogP contribution in [0.4, 0.5) is 0 Å². The molecule has 1 nitrogen and oxygen atoms in total. The van der Waals surface area contributed by atoms with E-state index in [-0.39, 0.29) is 0 Å². The molecule has 0 aromatic heterocycles. The maximum absolute atomic E-state index is 10.6. The highest BCUT2D eigenvalue weighted by Gasteiger charge is 2.35. The first-order chi connectivity index (χ1) is 6.62. The lowest BCUT2D eigenvalue weighted by atomic mass is 10.2. The molecule has 1 aromatic rings. The minimum atomic E-state index is -1.77. The zero-order valence-electron chi connectivity index (χ0n) is 8.28. The highest BCUT2D eigenvalue weighted by Crippen LogP contribution is 2.60. The van der Waals surface area contributed by atoms with Crippen molar-refractivity contribution >= 4 is 35.4 Å². The summed E-state index contributed by atoms with van der Waals surface area (Å²) in [4.78, 5) is 10.6. The molecule has 1 aliphatic heterocycles. The molecule has 1 aliphatic rings. The van der Waals surface area contributed by atoms with Gasteiger partial charge in [0, 0.05) is 16.4 Å². The van der Waals surface area contributed by atoms with E-state index in [4.69, 9.17) is 0 Å². The molecule has 3 heteroatoms. The Morgan fingerprint density at radius 3 is 2.71 bits per heavy atom. The Balaban J connectivity index is 2.35. The van der Waals surface area contributed by atoms with Crippen LogP contribution in [-0.4, -0.2) is 17.2 Å². The summed E-state index contributed by atoms with van der Waals surface area (Å²) in [5, 5.41) is 1.23. The predicted molar refractivity (Wildman–Crippen MR) is 71.4 cm³/mol. The maximum Gasteiger partial charge on any atom is 0.0225 e. The molecular weight excluding hydrogens is 306 g/mol. The van der Waals surface area contributed by atoms with Crippen molar-refractivity contribution < 1.29 is 4.89 Å². The van der Waals surface area contributed by atoms with E-state index >= 15 is 0 Å². The van der Waals surface area contributed by atoms with Crippen molar-refractivity contribution in [1.82, 2.24) is 0 Å². The molecule has 1 N–H and O–H groups in total. The topological polar surface area (TPSA) is 20.2 Å². The van der Waals surface area contributed by atoms with Gasteiger partial charge in [-0.25, -0.2) is 0 Å². The van der Waals surface area contributed by atoms with E-state index in [0.29, 0.717) is 5.92 Å². The molecule has 1 heterocycles. The van der Waals surface area contributed by atoms with Crippen LogP contribution in [0, 0.1) is 9.49 Å². The third kappa shape index (κ3) is 1.98. The Morgan fingerprint density at radius 2 is 2.14 bits per heavy atom. The van der Waals surface area contributed by atoms with E-state index in [1.54, 1.807) is 0 Å². The zero-order chi connectivity index (χ0) is 10.2.